The molecule has 0 bridgehead atoms. The summed E-state index contributed by atoms with van der Waals surface area (Å²) in [5.74, 6) is -0.791. The summed E-state index contributed by atoms with van der Waals surface area (Å²) in [6, 6.07) is 15.1. The van der Waals surface area contributed by atoms with Crippen molar-refractivity contribution in [2.45, 2.75) is 24.8 Å². The van der Waals surface area contributed by atoms with Gasteiger partial charge in [0.05, 0.1) is 13.0 Å². The average molecular weight is 437 g/mol. The van der Waals surface area contributed by atoms with Crippen molar-refractivity contribution in [3.63, 3.8) is 0 Å². The quantitative estimate of drug-likeness (QED) is 0.723. The van der Waals surface area contributed by atoms with Gasteiger partial charge in [0.2, 0.25) is 11.8 Å². The molecule has 2 aliphatic rings. The van der Waals surface area contributed by atoms with Gasteiger partial charge in [-0.2, -0.15) is 0 Å². The lowest BCUT2D eigenvalue weighted by atomic mass is 9.98. The van der Waals surface area contributed by atoms with E-state index in [2.05, 4.69) is 22.8 Å². The molecular weight excluding hydrogens is 410 g/mol. The molecule has 2 N–H and O–H groups in total. The summed E-state index contributed by atoms with van der Waals surface area (Å²) in [5, 5.41) is 5.04. The summed E-state index contributed by atoms with van der Waals surface area (Å²) in [7, 11) is 1.46. The van der Waals surface area contributed by atoms with Crippen LogP contribution in [-0.2, 0) is 19.1 Å². The smallest absolute Gasteiger partial charge is 0.407 e. The standard InChI is InChI=1S/C24H27N3O5/c1-25-23(29)21(13-22(28)27-11-6-12-31-15-27)26-24(30)32-14-20-18-9-4-2-7-16(18)17-8-3-5-10-19(17)20/h2-5,7-10,20-21H,6,11-15H2,1H3,(H,25,29)(H,26,30). The molecule has 2 aromatic carbocycles. The molecule has 32 heavy (non-hydrogen) atoms. The summed E-state index contributed by atoms with van der Waals surface area (Å²) in [4.78, 5) is 38.9. The van der Waals surface area contributed by atoms with E-state index in [1.54, 1.807) is 4.90 Å². The van der Waals surface area contributed by atoms with Crippen LogP contribution in [0.2, 0.25) is 0 Å². The minimum Gasteiger partial charge on any atom is -0.449 e. The molecule has 0 aromatic heterocycles. The molecule has 1 unspecified atom stereocenters. The van der Waals surface area contributed by atoms with Gasteiger partial charge in [0.1, 0.15) is 19.4 Å². The zero-order valence-electron chi connectivity index (χ0n) is 18.0. The second kappa shape index (κ2) is 9.82. The van der Waals surface area contributed by atoms with Crippen LogP contribution < -0.4 is 10.6 Å². The number of rotatable bonds is 6. The highest BCUT2D eigenvalue weighted by Crippen LogP contribution is 2.44. The van der Waals surface area contributed by atoms with E-state index in [1.165, 1.54) is 7.05 Å². The van der Waals surface area contributed by atoms with Gasteiger partial charge in [0, 0.05) is 19.5 Å². The predicted octanol–water partition coefficient (Wildman–Crippen LogP) is 2.24. The summed E-state index contributed by atoms with van der Waals surface area (Å²) in [6.07, 6.45) is -0.146. The predicted molar refractivity (Wildman–Crippen MR) is 118 cm³/mol. The Kier molecular flexibility index (Phi) is 6.70. The lowest BCUT2D eigenvalue weighted by molar-refractivity contribution is -0.142. The number of carbonyl (C=O) groups excluding carboxylic acids is 3. The van der Waals surface area contributed by atoms with E-state index in [0.29, 0.717) is 13.2 Å². The Bertz CT molecular complexity index is 957. The Morgan fingerprint density at radius 1 is 1.09 bits per heavy atom. The monoisotopic (exact) mass is 437 g/mol. The maximum atomic E-state index is 12.5. The van der Waals surface area contributed by atoms with Crippen molar-refractivity contribution < 1.29 is 23.9 Å². The molecule has 1 atom stereocenters. The molecule has 3 amide bonds. The number of hydrogen-bond donors (Lipinski definition) is 2. The van der Waals surface area contributed by atoms with Crippen LogP contribution in [0.4, 0.5) is 4.79 Å². The van der Waals surface area contributed by atoms with E-state index in [1.807, 2.05) is 36.4 Å². The van der Waals surface area contributed by atoms with Crippen LogP contribution in [0.5, 0.6) is 0 Å². The normalized spacial score (nSPS) is 16.0. The van der Waals surface area contributed by atoms with Gasteiger partial charge in [-0.3, -0.25) is 9.59 Å². The second-order valence-electron chi connectivity index (χ2n) is 7.89. The van der Waals surface area contributed by atoms with Crippen molar-refractivity contribution in [1.82, 2.24) is 15.5 Å². The maximum Gasteiger partial charge on any atom is 0.407 e. The molecule has 1 aliphatic carbocycles. The number of ether oxygens (including phenoxy) is 2. The fraction of sp³-hybridized carbons (Fsp3) is 0.375. The molecule has 1 heterocycles. The molecule has 4 rings (SSSR count). The van der Waals surface area contributed by atoms with Crippen LogP contribution in [-0.4, -0.2) is 62.4 Å². The Labute approximate surface area is 186 Å². The number of alkyl carbamates (subject to hydrolysis) is 1. The molecular formula is C24H27N3O5. The van der Waals surface area contributed by atoms with Gasteiger partial charge in [-0.05, 0) is 28.7 Å². The maximum absolute atomic E-state index is 12.5. The minimum absolute atomic E-state index is 0.0845. The Morgan fingerprint density at radius 3 is 2.34 bits per heavy atom. The SMILES string of the molecule is CNC(=O)C(CC(=O)N1CCCOC1)NC(=O)OCC1c2ccccc2-c2ccccc21. The number of hydrogen-bond acceptors (Lipinski definition) is 5. The summed E-state index contributed by atoms with van der Waals surface area (Å²) >= 11 is 0. The van der Waals surface area contributed by atoms with E-state index in [-0.39, 0.29) is 31.6 Å². The second-order valence-corrected chi connectivity index (χ2v) is 7.89. The largest absolute Gasteiger partial charge is 0.449 e. The van der Waals surface area contributed by atoms with Gasteiger partial charge in [0.25, 0.3) is 0 Å². The van der Waals surface area contributed by atoms with Crippen LogP contribution in [0.1, 0.15) is 29.9 Å². The van der Waals surface area contributed by atoms with Gasteiger partial charge in [-0.15, -0.1) is 0 Å². The highest BCUT2D eigenvalue weighted by atomic mass is 16.5. The molecule has 8 nitrogen and oxygen atoms in total. The summed E-state index contributed by atoms with van der Waals surface area (Å²) < 4.78 is 10.8. The van der Waals surface area contributed by atoms with Crippen molar-refractivity contribution in [2.75, 3.05) is 33.5 Å². The Balaban J connectivity index is 1.39. The molecule has 0 spiro atoms. The van der Waals surface area contributed by atoms with Gasteiger partial charge in [-0.25, -0.2) is 4.79 Å². The number of nitrogens with one attached hydrogen (secondary N) is 2. The number of nitrogens with zero attached hydrogens (tertiary/aromatic N) is 1. The van der Waals surface area contributed by atoms with Crippen molar-refractivity contribution in [3.8, 4) is 11.1 Å². The van der Waals surface area contributed by atoms with Crippen LogP contribution in [0.25, 0.3) is 11.1 Å². The van der Waals surface area contributed by atoms with Crippen LogP contribution in [0, 0.1) is 0 Å². The van der Waals surface area contributed by atoms with Crippen molar-refractivity contribution in [2.24, 2.45) is 0 Å². The topological polar surface area (TPSA) is 97.0 Å². The van der Waals surface area contributed by atoms with Crippen molar-refractivity contribution in [1.29, 1.82) is 0 Å². The molecule has 2 aromatic rings. The zero-order chi connectivity index (χ0) is 22.5. The minimum atomic E-state index is -1.02. The molecule has 1 fully saturated rings. The highest BCUT2D eigenvalue weighted by Gasteiger charge is 2.31. The van der Waals surface area contributed by atoms with Gasteiger partial charge < -0.3 is 25.0 Å². The average Bonchev–Trinajstić information content (AvgIpc) is 3.16. The van der Waals surface area contributed by atoms with E-state index in [9.17, 15) is 14.4 Å². The number of fused-ring (bicyclic) bond motifs is 3. The summed E-state index contributed by atoms with van der Waals surface area (Å²) in [6.45, 7) is 1.52. The fourth-order valence-corrected chi connectivity index (χ4v) is 4.26. The first-order chi connectivity index (χ1) is 15.6. The van der Waals surface area contributed by atoms with Crippen LogP contribution >= 0.6 is 0 Å². The third kappa shape index (κ3) is 4.60. The Hall–Kier alpha value is -3.39. The zero-order valence-corrected chi connectivity index (χ0v) is 18.0. The highest BCUT2D eigenvalue weighted by molar-refractivity contribution is 5.90. The number of amides is 3. The fourth-order valence-electron chi connectivity index (χ4n) is 4.26. The van der Waals surface area contributed by atoms with Gasteiger partial charge in [-0.1, -0.05) is 48.5 Å². The number of carbonyl (C=O) groups is 3. The molecule has 0 radical (unpaired) electrons. The van der Waals surface area contributed by atoms with Crippen molar-refractivity contribution >= 4 is 17.9 Å². The Morgan fingerprint density at radius 2 is 1.75 bits per heavy atom. The first kappa shape index (κ1) is 21.8. The number of likely N-dealkylation sites (N-methyl/N-ethyl adjacent to an activating group) is 1. The lowest BCUT2D eigenvalue weighted by Crippen LogP contribution is -2.50. The van der Waals surface area contributed by atoms with Crippen LogP contribution in [0.3, 0.4) is 0 Å². The third-order valence-corrected chi connectivity index (χ3v) is 5.89. The lowest BCUT2D eigenvalue weighted by Gasteiger charge is -2.28. The molecule has 0 saturated carbocycles. The molecule has 168 valence electrons. The van der Waals surface area contributed by atoms with Gasteiger partial charge >= 0.3 is 6.09 Å². The van der Waals surface area contributed by atoms with E-state index >= 15 is 0 Å². The van der Waals surface area contributed by atoms with Crippen molar-refractivity contribution in [3.05, 3.63) is 59.7 Å². The number of benzene rings is 2. The first-order valence-corrected chi connectivity index (χ1v) is 10.8. The van der Waals surface area contributed by atoms with Crippen LogP contribution in [0.15, 0.2) is 48.5 Å². The molecule has 8 heteroatoms. The summed E-state index contributed by atoms with van der Waals surface area (Å²) in [5.41, 5.74) is 4.47. The van der Waals surface area contributed by atoms with E-state index < -0.39 is 18.0 Å². The third-order valence-electron chi connectivity index (χ3n) is 5.89. The van der Waals surface area contributed by atoms with E-state index in [4.69, 9.17) is 9.47 Å². The van der Waals surface area contributed by atoms with E-state index in [0.717, 1.165) is 28.7 Å². The first-order valence-electron chi connectivity index (χ1n) is 10.8. The molecule has 1 aliphatic heterocycles. The van der Waals surface area contributed by atoms with Gasteiger partial charge in [0.15, 0.2) is 0 Å². The molecule has 1 saturated heterocycles.